The van der Waals surface area contributed by atoms with Crippen molar-refractivity contribution < 1.29 is 19.4 Å². The van der Waals surface area contributed by atoms with E-state index < -0.39 is 0 Å². The van der Waals surface area contributed by atoms with Gasteiger partial charge in [0.25, 0.3) is 5.91 Å². The first kappa shape index (κ1) is 16.8. The molecule has 5 nitrogen and oxygen atoms in total. The van der Waals surface area contributed by atoms with Crippen LogP contribution in [0.2, 0.25) is 0 Å². The summed E-state index contributed by atoms with van der Waals surface area (Å²) in [5, 5.41) is 12.0. The topological polar surface area (TPSA) is 67.8 Å². The van der Waals surface area contributed by atoms with E-state index in [4.69, 9.17) is 9.47 Å². The highest BCUT2D eigenvalue weighted by Crippen LogP contribution is 2.33. The Hall–Kier alpha value is -1.27. The lowest BCUT2D eigenvalue weighted by molar-refractivity contribution is 0.0907. The maximum absolute atomic E-state index is 12.3. The Kier molecular flexibility index (Phi) is 5.83. The van der Waals surface area contributed by atoms with E-state index in [9.17, 15) is 9.90 Å². The number of halogens is 1. The molecular weight excluding hydrogens is 326 g/mol. The van der Waals surface area contributed by atoms with Gasteiger partial charge in [-0.15, -0.1) is 0 Å². The zero-order valence-electron chi connectivity index (χ0n) is 12.1. The van der Waals surface area contributed by atoms with Crippen LogP contribution in [0.1, 0.15) is 24.2 Å². The highest BCUT2D eigenvalue weighted by Gasteiger charge is 2.21. The second-order valence-corrected chi connectivity index (χ2v) is 6.05. The van der Waals surface area contributed by atoms with E-state index >= 15 is 0 Å². The molecule has 0 spiro atoms. The molecule has 0 aliphatic heterocycles. The van der Waals surface area contributed by atoms with Crippen LogP contribution in [-0.4, -0.2) is 38.4 Å². The van der Waals surface area contributed by atoms with Crippen molar-refractivity contribution in [2.24, 2.45) is 5.41 Å². The van der Waals surface area contributed by atoms with Crippen LogP contribution in [0.25, 0.3) is 0 Å². The predicted molar refractivity (Wildman–Crippen MR) is 80.4 cm³/mol. The normalized spacial score (nSPS) is 11.1. The summed E-state index contributed by atoms with van der Waals surface area (Å²) in [6.45, 7) is 4.09. The minimum absolute atomic E-state index is 0.00772. The van der Waals surface area contributed by atoms with Crippen LogP contribution in [0.5, 0.6) is 11.5 Å². The van der Waals surface area contributed by atoms with E-state index in [1.807, 2.05) is 13.8 Å². The second-order valence-electron chi connectivity index (χ2n) is 5.20. The zero-order valence-corrected chi connectivity index (χ0v) is 13.7. The Morgan fingerprint density at radius 3 is 2.50 bits per heavy atom. The summed E-state index contributed by atoms with van der Waals surface area (Å²) in [5.41, 5.74) is 0.00591. The van der Waals surface area contributed by atoms with Gasteiger partial charge in [-0.05, 0) is 28.1 Å². The van der Waals surface area contributed by atoms with E-state index in [0.717, 1.165) is 0 Å². The summed E-state index contributed by atoms with van der Waals surface area (Å²) in [4.78, 5) is 12.3. The van der Waals surface area contributed by atoms with Crippen LogP contribution in [0.15, 0.2) is 16.6 Å². The minimum atomic E-state index is -0.376. The number of rotatable bonds is 6. The van der Waals surface area contributed by atoms with Crippen molar-refractivity contribution in [1.29, 1.82) is 0 Å². The third kappa shape index (κ3) is 4.11. The predicted octanol–water partition coefficient (Wildman–Crippen LogP) is 2.21. The molecule has 1 aromatic carbocycles. The van der Waals surface area contributed by atoms with Crippen molar-refractivity contribution in [2.75, 3.05) is 27.4 Å². The number of carbonyl (C=O) groups is 1. The lowest BCUT2D eigenvalue weighted by Gasteiger charge is -2.22. The van der Waals surface area contributed by atoms with Crippen molar-refractivity contribution in [3.8, 4) is 11.5 Å². The monoisotopic (exact) mass is 345 g/mol. The van der Waals surface area contributed by atoms with Gasteiger partial charge in [-0.25, -0.2) is 0 Å². The molecule has 0 unspecified atom stereocenters. The fourth-order valence-corrected chi connectivity index (χ4v) is 2.13. The smallest absolute Gasteiger partial charge is 0.255 e. The van der Waals surface area contributed by atoms with Gasteiger partial charge in [0, 0.05) is 18.6 Å². The highest BCUT2D eigenvalue weighted by molar-refractivity contribution is 9.10. The summed E-state index contributed by atoms with van der Waals surface area (Å²) in [6, 6.07) is 3.35. The fraction of sp³-hybridized carbons (Fsp3) is 0.500. The standard InChI is InChI=1S/C14H20BrNO4/c1-14(2,8-17)7-16-13(18)10-5-9(19-3)6-11(15)12(10)20-4/h5-6,17H,7-8H2,1-4H3,(H,16,18). The van der Waals surface area contributed by atoms with Gasteiger partial charge in [0.2, 0.25) is 0 Å². The Morgan fingerprint density at radius 2 is 2.00 bits per heavy atom. The molecule has 0 fully saturated rings. The third-order valence-corrected chi connectivity index (χ3v) is 3.45. The molecule has 0 aromatic heterocycles. The van der Waals surface area contributed by atoms with Crippen LogP contribution in [0.4, 0.5) is 0 Å². The number of aliphatic hydroxyl groups is 1. The fourth-order valence-electron chi connectivity index (χ4n) is 1.53. The SMILES string of the molecule is COc1cc(Br)c(OC)c(C(=O)NCC(C)(C)CO)c1. The number of aliphatic hydroxyl groups excluding tert-OH is 1. The van der Waals surface area contributed by atoms with Crippen LogP contribution in [-0.2, 0) is 0 Å². The quantitative estimate of drug-likeness (QED) is 0.829. The number of amides is 1. The lowest BCUT2D eigenvalue weighted by atomic mass is 9.95. The summed E-state index contributed by atoms with van der Waals surface area (Å²) in [7, 11) is 3.03. The molecule has 0 aliphatic carbocycles. The van der Waals surface area contributed by atoms with Crippen molar-refractivity contribution in [1.82, 2.24) is 5.32 Å². The minimum Gasteiger partial charge on any atom is -0.497 e. The molecule has 0 saturated heterocycles. The van der Waals surface area contributed by atoms with E-state index in [-0.39, 0.29) is 17.9 Å². The van der Waals surface area contributed by atoms with Gasteiger partial charge in [0.05, 0.1) is 24.3 Å². The van der Waals surface area contributed by atoms with Gasteiger partial charge in [0.15, 0.2) is 0 Å². The molecule has 6 heteroatoms. The Balaban J connectivity index is 2.99. The Bertz CT molecular complexity index is 488. The molecule has 2 N–H and O–H groups in total. The average Bonchev–Trinajstić information content (AvgIpc) is 2.43. The van der Waals surface area contributed by atoms with Crippen LogP contribution < -0.4 is 14.8 Å². The molecule has 0 aliphatic rings. The number of hydrogen-bond donors (Lipinski definition) is 2. The van der Waals surface area contributed by atoms with Gasteiger partial charge in [0.1, 0.15) is 11.5 Å². The van der Waals surface area contributed by atoms with Gasteiger partial charge < -0.3 is 19.9 Å². The second kappa shape index (κ2) is 6.95. The maximum atomic E-state index is 12.3. The van der Waals surface area contributed by atoms with Gasteiger partial charge >= 0.3 is 0 Å². The van der Waals surface area contributed by atoms with E-state index in [2.05, 4.69) is 21.2 Å². The van der Waals surface area contributed by atoms with Crippen LogP contribution in [0, 0.1) is 5.41 Å². The molecular formula is C14H20BrNO4. The molecule has 0 heterocycles. The zero-order chi connectivity index (χ0) is 15.3. The van der Waals surface area contributed by atoms with Crippen molar-refractivity contribution >= 4 is 21.8 Å². The van der Waals surface area contributed by atoms with Crippen LogP contribution in [0.3, 0.4) is 0 Å². The molecule has 1 rings (SSSR count). The number of carbonyl (C=O) groups excluding carboxylic acids is 1. The number of ether oxygens (including phenoxy) is 2. The molecule has 0 atom stereocenters. The molecule has 1 aromatic rings. The summed E-state index contributed by atoms with van der Waals surface area (Å²) in [5.74, 6) is 0.734. The molecule has 0 radical (unpaired) electrons. The first-order chi connectivity index (χ1) is 9.34. The number of nitrogens with one attached hydrogen (secondary N) is 1. The molecule has 20 heavy (non-hydrogen) atoms. The van der Waals surface area contributed by atoms with Crippen molar-refractivity contribution in [3.63, 3.8) is 0 Å². The Labute approximate surface area is 127 Å². The third-order valence-electron chi connectivity index (χ3n) is 2.86. The first-order valence-corrected chi connectivity index (χ1v) is 6.94. The highest BCUT2D eigenvalue weighted by atomic mass is 79.9. The van der Waals surface area contributed by atoms with Crippen LogP contribution >= 0.6 is 15.9 Å². The average molecular weight is 346 g/mol. The van der Waals surface area contributed by atoms with Crippen molar-refractivity contribution in [2.45, 2.75) is 13.8 Å². The number of benzene rings is 1. The van der Waals surface area contributed by atoms with Gasteiger partial charge in [-0.1, -0.05) is 13.8 Å². The molecule has 0 saturated carbocycles. The molecule has 112 valence electrons. The summed E-state index contributed by atoms with van der Waals surface area (Å²) >= 11 is 3.35. The molecule has 0 bridgehead atoms. The lowest BCUT2D eigenvalue weighted by Crippen LogP contribution is -2.36. The maximum Gasteiger partial charge on any atom is 0.255 e. The van der Waals surface area contributed by atoms with E-state index in [1.54, 1.807) is 12.1 Å². The van der Waals surface area contributed by atoms with E-state index in [0.29, 0.717) is 28.1 Å². The van der Waals surface area contributed by atoms with Gasteiger partial charge in [-0.3, -0.25) is 4.79 Å². The van der Waals surface area contributed by atoms with Gasteiger partial charge in [-0.2, -0.15) is 0 Å². The summed E-state index contributed by atoms with van der Waals surface area (Å²) in [6.07, 6.45) is 0. The Morgan fingerprint density at radius 1 is 1.35 bits per heavy atom. The first-order valence-electron chi connectivity index (χ1n) is 6.15. The van der Waals surface area contributed by atoms with Crippen molar-refractivity contribution in [3.05, 3.63) is 22.2 Å². The number of methoxy groups -OCH3 is 2. The van der Waals surface area contributed by atoms with E-state index in [1.165, 1.54) is 14.2 Å². The largest absolute Gasteiger partial charge is 0.497 e. The summed E-state index contributed by atoms with van der Waals surface area (Å²) < 4.78 is 11.0. The number of hydrogen-bond acceptors (Lipinski definition) is 4. The molecule has 1 amide bonds.